The largest absolute Gasteiger partial charge is 0.486 e. The maximum Gasteiger partial charge on any atom is 0.276 e. The first-order chi connectivity index (χ1) is 12.0. The zero-order valence-electron chi connectivity index (χ0n) is 13.2. The molecule has 0 saturated heterocycles. The number of hydrazine groups is 1. The number of rotatable bonds is 4. The van der Waals surface area contributed by atoms with Crippen molar-refractivity contribution in [1.82, 2.24) is 10.3 Å². The van der Waals surface area contributed by atoms with Gasteiger partial charge in [0.1, 0.15) is 13.2 Å². The van der Waals surface area contributed by atoms with Crippen LogP contribution < -0.4 is 19.7 Å². The molecule has 1 aliphatic heterocycles. The molecule has 4 rings (SSSR count). The normalized spacial score (nSPS) is 15.7. The van der Waals surface area contributed by atoms with Crippen LogP contribution in [0.5, 0.6) is 11.5 Å². The van der Waals surface area contributed by atoms with E-state index in [1.54, 1.807) is 0 Å². The molecule has 1 amide bonds. The van der Waals surface area contributed by atoms with E-state index in [-0.39, 0.29) is 4.90 Å². The van der Waals surface area contributed by atoms with Crippen LogP contribution in [0.3, 0.4) is 0 Å². The molecule has 2 aromatic rings. The summed E-state index contributed by atoms with van der Waals surface area (Å²) in [7, 11) is -3.90. The molecule has 0 radical (unpaired) electrons. The average molecular weight is 380 g/mol. The molecule has 2 heterocycles. The van der Waals surface area contributed by atoms with Crippen LogP contribution in [-0.2, 0) is 22.9 Å². The fourth-order valence-corrected chi connectivity index (χ4v) is 4.87. The number of hydrogen-bond donors (Lipinski definition) is 2. The number of carbonyl (C=O) groups excluding carboxylic acids is 1. The molecule has 0 bridgehead atoms. The molecule has 7 nitrogen and oxygen atoms in total. The lowest BCUT2D eigenvalue weighted by Crippen LogP contribution is -2.41. The molecular formula is C16H16N2O5S2. The number of thiophene rings is 1. The predicted octanol–water partition coefficient (Wildman–Crippen LogP) is 1.63. The number of sulfonamides is 1. The molecule has 0 saturated carbocycles. The summed E-state index contributed by atoms with van der Waals surface area (Å²) in [4.78, 5) is 16.0. The molecule has 1 aliphatic carbocycles. The van der Waals surface area contributed by atoms with Gasteiger partial charge in [-0.15, -0.1) is 16.2 Å². The second-order valence-electron chi connectivity index (χ2n) is 5.78. The van der Waals surface area contributed by atoms with Gasteiger partial charge in [-0.3, -0.25) is 10.2 Å². The van der Waals surface area contributed by atoms with Gasteiger partial charge in [-0.1, -0.05) is 0 Å². The van der Waals surface area contributed by atoms with Crippen molar-refractivity contribution in [2.75, 3.05) is 13.2 Å². The van der Waals surface area contributed by atoms with E-state index in [2.05, 4.69) is 10.3 Å². The van der Waals surface area contributed by atoms with Crippen molar-refractivity contribution < 1.29 is 22.7 Å². The molecule has 2 aliphatic rings. The standard InChI is InChI=1S/C16H16N2O5S2/c19-16(15-8-10-2-1-3-14(10)24-15)17-18-25(20,21)11-4-5-12-13(9-11)23-7-6-22-12/h4-5,8-9,18H,1-3,6-7H2,(H,17,19). The van der Waals surface area contributed by atoms with Gasteiger partial charge in [-0.2, -0.15) is 0 Å². The maximum absolute atomic E-state index is 12.4. The van der Waals surface area contributed by atoms with Crippen LogP contribution in [0.1, 0.15) is 26.5 Å². The number of benzene rings is 1. The van der Waals surface area contributed by atoms with Crippen LogP contribution in [0.15, 0.2) is 29.2 Å². The van der Waals surface area contributed by atoms with Gasteiger partial charge in [0, 0.05) is 10.9 Å². The van der Waals surface area contributed by atoms with E-state index in [1.807, 2.05) is 6.07 Å². The van der Waals surface area contributed by atoms with Crippen molar-refractivity contribution in [2.45, 2.75) is 24.2 Å². The fraction of sp³-hybridized carbons (Fsp3) is 0.312. The minimum atomic E-state index is -3.90. The molecule has 132 valence electrons. The Morgan fingerprint density at radius 2 is 1.88 bits per heavy atom. The summed E-state index contributed by atoms with van der Waals surface area (Å²) in [5, 5.41) is 0. The molecule has 0 spiro atoms. The Morgan fingerprint density at radius 3 is 2.68 bits per heavy atom. The number of carbonyl (C=O) groups is 1. The van der Waals surface area contributed by atoms with E-state index in [0.29, 0.717) is 29.6 Å². The summed E-state index contributed by atoms with van der Waals surface area (Å²) in [6, 6.07) is 6.15. The molecule has 0 fully saturated rings. The van der Waals surface area contributed by atoms with Gasteiger partial charge in [0.2, 0.25) is 0 Å². The first-order valence-electron chi connectivity index (χ1n) is 7.86. The third-order valence-electron chi connectivity index (χ3n) is 4.09. The summed E-state index contributed by atoms with van der Waals surface area (Å²) < 4.78 is 35.5. The minimum absolute atomic E-state index is 0.00859. The lowest BCUT2D eigenvalue weighted by Gasteiger charge is -2.18. The monoisotopic (exact) mass is 380 g/mol. The van der Waals surface area contributed by atoms with E-state index < -0.39 is 15.9 Å². The van der Waals surface area contributed by atoms with Crippen LogP contribution in [0, 0.1) is 0 Å². The van der Waals surface area contributed by atoms with Crippen LogP contribution >= 0.6 is 11.3 Å². The topological polar surface area (TPSA) is 93.7 Å². The lowest BCUT2D eigenvalue weighted by molar-refractivity contribution is 0.0949. The number of ether oxygens (including phenoxy) is 2. The summed E-state index contributed by atoms with van der Waals surface area (Å²) in [6.45, 7) is 0.794. The smallest absolute Gasteiger partial charge is 0.276 e. The van der Waals surface area contributed by atoms with Crippen molar-refractivity contribution in [3.8, 4) is 11.5 Å². The van der Waals surface area contributed by atoms with E-state index >= 15 is 0 Å². The van der Waals surface area contributed by atoms with Crippen LogP contribution in [0.25, 0.3) is 0 Å². The van der Waals surface area contributed by atoms with Gasteiger partial charge in [0.05, 0.1) is 9.77 Å². The van der Waals surface area contributed by atoms with E-state index in [0.717, 1.165) is 19.3 Å². The molecule has 0 atom stereocenters. The summed E-state index contributed by atoms with van der Waals surface area (Å²) >= 11 is 1.41. The van der Waals surface area contributed by atoms with Crippen LogP contribution in [0.4, 0.5) is 0 Å². The van der Waals surface area contributed by atoms with Crippen molar-refractivity contribution in [2.24, 2.45) is 0 Å². The average Bonchev–Trinajstić information content (AvgIpc) is 3.21. The fourth-order valence-electron chi connectivity index (χ4n) is 2.87. The Morgan fingerprint density at radius 1 is 1.08 bits per heavy atom. The van der Waals surface area contributed by atoms with Gasteiger partial charge < -0.3 is 9.47 Å². The summed E-state index contributed by atoms with van der Waals surface area (Å²) in [5.74, 6) is 0.415. The van der Waals surface area contributed by atoms with Gasteiger partial charge in [-0.05, 0) is 43.0 Å². The molecule has 0 unspecified atom stereocenters. The lowest BCUT2D eigenvalue weighted by atomic mass is 10.2. The highest BCUT2D eigenvalue weighted by molar-refractivity contribution is 7.89. The van der Waals surface area contributed by atoms with Gasteiger partial charge in [0.25, 0.3) is 15.9 Å². The molecular weight excluding hydrogens is 364 g/mol. The van der Waals surface area contributed by atoms with E-state index in [9.17, 15) is 13.2 Å². The van der Waals surface area contributed by atoms with Crippen molar-refractivity contribution in [3.05, 3.63) is 39.6 Å². The van der Waals surface area contributed by atoms with Crippen LogP contribution in [-0.4, -0.2) is 27.5 Å². The van der Waals surface area contributed by atoms with Crippen molar-refractivity contribution in [3.63, 3.8) is 0 Å². The third kappa shape index (κ3) is 3.22. The first-order valence-corrected chi connectivity index (χ1v) is 10.2. The SMILES string of the molecule is O=C(NNS(=O)(=O)c1ccc2c(c1)OCCO2)c1cc2c(s1)CCC2. The molecule has 9 heteroatoms. The minimum Gasteiger partial charge on any atom is -0.486 e. The van der Waals surface area contributed by atoms with Gasteiger partial charge >= 0.3 is 0 Å². The Labute approximate surface area is 149 Å². The number of aryl methyl sites for hydroxylation is 2. The highest BCUT2D eigenvalue weighted by Crippen LogP contribution is 2.32. The summed E-state index contributed by atoms with van der Waals surface area (Å²) in [5.41, 5.74) is 3.45. The quantitative estimate of drug-likeness (QED) is 0.787. The van der Waals surface area contributed by atoms with Gasteiger partial charge in [-0.25, -0.2) is 8.42 Å². The second-order valence-corrected chi connectivity index (χ2v) is 8.60. The van der Waals surface area contributed by atoms with Crippen molar-refractivity contribution in [1.29, 1.82) is 0 Å². The molecule has 1 aromatic heterocycles. The van der Waals surface area contributed by atoms with E-state index in [4.69, 9.17) is 9.47 Å². The first kappa shape index (κ1) is 16.4. The number of amides is 1. The Kier molecular flexibility index (Phi) is 4.14. The Balaban J connectivity index is 1.46. The predicted molar refractivity (Wildman–Crippen MR) is 91.6 cm³/mol. The van der Waals surface area contributed by atoms with Crippen LogP contribution in [0.2, 0.25) is 0 Å². The molecule has 2 N–H and O–H groups in total. The maximum atomic E-state index is 12.4. The number of hydrogen-bond acceptors (Lipinski definition) is 6. The second kappa shape index (κ2) is 6.32. The number of nitrogens with one attached hydrogen (secondary N) is 2. The summed E-state index contributed by atoms with van der Waals surface area (Å²) in [6.07, 6.45) is 3.07. The van der Waals surface area contributed by atoms with E-state index in [1.165, 1.54) is 40.0 Å². The molecule has 1 aromatic carbocycles. The zero-order valence-corrected chi connectivity index (χ0v) is 14.8. The molecule has 25 heavy (non-hydrogen) atoms. The highest BCUT2D eigenvalue weighted by Gasteiger charge is 2.22. The Bertz CT molecular complexity index is 914. The zero-order chi connectivity index (χ0) is 17.4. The van der Waals surface area contributed by atoms with Gasteiger partial charge in [0.15, 0.2) is 11.5 Å². The van der Waals surface area contributed by atoms with Crippen molar-refractivity contribution >= 4 is 27.3 Å². The third-order valence-corrected chi connectivity index (χ3v) is 6.57. The Hall–Kier alpha value is -2.10. The number of fused-ring (bicyclic) bond motifs is 2. The highest BCUT2D eigenvalue weighted by atomic mass is 32.2.